The molecule has 19 heavy (non-hydrogen) atoms. The third-order valence-electron chi connectivity index (χ3n) is 4.22. The highest BCUT2D eigenvalue weighted by Crippen LogP contribution is 2.54. The molecule has 0 saturated heterocycles. The van der Waals surface area contributed by atoms with E-state index in [0.29, 0.717) is 0 Å². The van der Waals surface area contributed by atoms with Gasteiger partial charge in [-0.25, -0.2) is 0 Å². The van der Waals surface area contributed by atoms with Crippen molar-refractivity contribution in [2.45, 2.75) is 44.4 Å². The Hall–Kier alpha value is -1.56. The Labute approximate surface area is 116 Å². The maximum Gasteiger partial charge on any atom is -0.00868 e. The van der Waals surface area contributed by atoms with Crippen LogP contribution in [0.2, 0.25) is 0 Å². The summed E-state index contributed by atoms with van der Waals surface area (Å²) in [6.07, 6.45) is 1.30. The van der Waals surface area contributed by atoms with E-state index in [-0.39, 0.29) is 5.41 Å². The summed E-state index contributed by atoms with van der Waals surface area (Å²) >= 11 is 0. The molecule has 0 aromatic heterocycles. The van der Waals surface area contributed by atoms with Crippen LogP contribution in [0.5, 0.6) is 0 Å². The van der Waals surface area contributed by atoms with Gasteiger partial charge in [0.25, 0.3) is 0 Å². The summed E-state index contributed by atoms with van der Waals surface area (Å²) in [7, 11) is 0. The van der Waals surface area contributed by atoms with Crippen molar-refractivity contribution in [3.05, 3.63) is 71.3 Å². The van der Waals surface area contributed by atoms with Crippen LogP contribution in [0.1, 0.15) is 55.7 Å². The summed E-state index contributed by atoms with van der Waals surface area (Å²) < 4.78 is 0. The van der Waals surface area contributed by atoms with E-state index < -0.39 is 0 Å². The molecule has 0 amide bonds. The Kier molecular flexibility index (Phi) is 2.97. The molecule has 0 spiro atoms. The van der Waals surface area contributed by atoms with Gasteiger partial charge in [0.05, 0.1) is 0 Å². The van der Waals surface area contributed by atoms with Crippen molar-refractivity contribution in [1.29, 1.82) is 0 Å². The average Bonchev–Trinajstić information content (AvgIpc) is 3.19. The Morgan fingerprint density at radius 1 is 0.737 bits per heavy atom. The zero-order chi connectivity index (χ0) is 13.5. The molecule has 1 fully saturated rings. The van der Waals surface area contributed by atoms with Crippen molar-refractivity contribution in [3.8, 4) is 0 Å². The second-order valence-corrected chi connectivity index (χ2v) is 6.73. The van der Waals surface area contributed by atoms with Gasteiger partial charge in [-0.3, -0.25) is 0 Å². The maximum atomic E-state index is 2.33. The minimum Gasteiger partial charge on any atom is -0.0622 e. The highest BCUT2D eigenvalue weighted by Gasteiger charge is 2.39. The van der Waals surface area contributed by atoms with Crippen LogP contribution >= 0.6 is 0 Å². The molecule has 2 atom stereocenters. The standard InChI is InChI=1S/C19H22/c1-19(2,3)16-11-9-15(10-12-16)18-13-17(18)14-7-5-4-6-8-14/h4-12,17-18H,13H2,1-3H3/t17-,18+/m1/s1. The Balaban J connectivity index is 1.76. The zero-order valence-corrected chi connectivity index (χ0v) is 12.1. The van der Waals surface area contributed by atoms with Crippen LogP contribution in [0.4, 0.5) is 0 Å². The van der Waals surface area contributed by atoms with E-state index in [9.17, 15) is 0 Å². The molecule has 0 bridgehead atoms. The van der Waals surface area contributed by atoms with Crippen LogP contribution in [-0.4, -0.2) is 0 Å². The molecule has 2 aromatic carbocycles. The lowest BCUT2D eigenvalue weighted by Crippen LogP contribution is -2.10. The summed E-state index contributed by atoms with van der Waals surface area (Å²) in [5.41, 5.74) is 4.67. The smallest absolute Gasteiger partial charge is 0.00868 e. The van der Waals surface area contributed by atoms with Crippen LogP contribution in [0, 0.1) is 0 Å². The molecule has 1 aliphatic carbocycles. The molecule has 0 heteroatoms. The number of hydrogen-bond acceptors (Lipinski definition) is 0. The zero-order valence-electron chi connectivity index (χ0n) is 12.1. The molecule has 0 aliphatic heterocycles. The highest BCUT2D eigenvalue weighted by atomic mass is 14.4. The lowest BCUT2D eigenvalue weighted by Gasteiger charge is -2.19. The van der Waals surface area contributed by atoms with Gasteiger partial charge in [-0.15, -0.1) is 0 Å². The van der Waals surface area contributed by atoms with Crippen LogP contribution in [-0.2, 0) is 5.41 Å². The molecule has 0 N–H and O–H groups in total. The molecule has 0 nitrogen and oxygen atoms in total. The lowest BCUT2D eigenvalue weighted by molar-refractivity contribution is 0.590. The van der Waals surface area contributed by atoms with Crippen molar-refractivity contribution in [1.82, 2.24) is 0 Å². The van der Waals surface area contributed by atoms with Crippen molar-refractivity contribution < 1.29 is 0 Å². The van der Waals surface area contributed by atoms with E-state index in [0.717, 1.165) is 11.8 Å². The first-order valence-electron chi connectivity index (χ1n) is 7.21. The third kappa shape index (κ3) is 2.58. The average molecular weight is 250 g/mol. The predicted molar refractivity (Wildman–Crippen MR) is 81.7 cm³/mol. The molecular formula is C19H22. The molecule has 3 rings (SSSR count). The first-order valence-corrected chi connectivity index (χ1v) is 7.21. The summed E-state index contributed by atoms with van der Waals surface area (Å²) in [6.45, 7) is 6.81. The van der Waals surface area contributed by atoms with Crippen LogP contribution in [0.3, 0.4) is 0 Å². The van der Waals surface area contributed by atoms with Gasteiger partial charge in [0.1, 0.15) is 0 Å². The summed E-state index contributed by atoms with van der Waals surface area (Å²) in [4.78, 5) is 0. The monoisotopic (exact) mass is 250 g/mol. The Morgan fingerprint density at radius 2 is 1.26 bits per heavy atom. The molecule has 98 valence electrons. The second-order valence-electron chi connectivity index (χ2n) is 6.73. The van der Waals surface area contributed by atoms with Gasteiger partial charge in [0, 0.05) is 0 Å². The van der Waals surface area contributed by atoms with Crippen molar-refractivity contribution >= 4 is 0 Å². The third-order valence-corrected chi connectivity index (χ3v) is 4.22. The van der Waals surface area contributed by atoms with E-state index in [1.54, 1.807) is 0 Å². The topological polar surface area (TPSA) is 0 Å². The van der Waals surface area contributed by atoms with Gasteiger partial charge in [-0.1, -0.05) is 75.4 Å². The molecule has 1 aliphatic rings. The van der Waals surface area contributed by atoms with Gasteiger partial charge in [0.15, 0.2) is 0 Å². The SMILES string of the molecule is CC(C)(C)c1ccc([C@@H]2C[C@@H]2c2ccccc2)cc1. The normalized spacial score (nSPS) is 22.3. The molecular weight excluding hydrogens is 228 g/mol. The highest BCUT2D eigenvalue weighted by molar-refractivity contribution is 5.38. The fraction of sp³-hybridized carbons (Fsp3) is 0.368. The fourth-order valence-electron chi connectivity index (χ4n) is 2.86. The number of hydrogen-bond donors (Lipinski definition) is 0. The largest absolute Gasteiger partial charge is 0.0622 e. The van der Waals surface area contributed by atoms with Gasteiger partial charge < -0.3 is 0 Å². The van der Waals surface area contributed by atoms with Crippen LogP contribution in [0.15, 0.2) is 54.6 Å². The summed E-state index contributed by atoms with van der Waals surface area (Å²) in [5.74, 6) is 1.47. The van der Waals surface area contributed by atoms with E-state index in [1.807, 2.05) is 0 Å². The van der Waals surface area contributed by atoms with Gasteiger partial charge >= 0.3 is 0 Å². The lowest BCUT2D eigenvalue weighted by atomic mass is 9.86. The second kappa shape index (κ2) is 4.52. The summed E-state index contributed by atoms with van der Waals surface area (Å²) in [5, 5.41) is 0. The van der Waals surface area contributed by atoms with E-state index >= 15 is 0 Å². The van der Waals surface area contributed by atoms with E-state index in [1.165, 1.54) is 23.1 Å². The fourth-order valence-corrected chi connectivity index (χ4v) is 2.86. The number of benzene rings is 2. The van der Waals surface area contributed by atoms with Crippen molar-refractivity contribution in [3.63, 3.8) is 0 Å². The quantitative estimate of drug-likeness (QED) is 0.682. The van der Waals surface area contributed by atoms with Crippen LogP contribution < -0.4 is 0 Å². The van der Waals surface area contributed by atoms with Crippen molar-refractivity contribution in [2.24, 2.45) is 0 Å². The molecule has 0 heterocycles. The maximum absolute atomic E-state index is 2.33. The Morgan fingerprint density at radius 3 is 1.79 bits per heavy atom. The predicted octanol–water partition coefficient (Wildman–Crippen LogP) is 5.26. The van der Waals surface area contributed by atoms with Gasteiger partial charge in [-0.05, 0) is 40.4 Å². The molecule has 0 radical (unpaired) electrons. The van der Waals surface area contributed by atoms with E-state index in [4.69, 9.17) is 0 Å². The van der Waals surface area contributed by atoms with Crippen molar-refractivity contribution in [2.75, 3.05) is 0 Å². The molecule has 0 unspecified atom stereocenters. The van der Waals surface area contributed by atoms with Crippen LogP contribution in [0.25, 0.3) is 0 Å². The minimum absolute atomic E-state index is 0.251. The molecule has 1 saturated carbocycles. The minimum atomic E-state index is 0.251. The Bertz CT molecular complexity index is 543. The number of rotatable bonds is 2. The first kappa shape index (κ1) is 12.5. The van der Waals surface area contributed by atoms with Gasteiger partial charge in [0.2, 0.25) is 0 Å². The molecule has 2 aromatic rings. The van der Waals surface area contributed by atoms with E-state index in [2.05, 4.69) is 75.4 Å². The first-order chi connectivity index (χ1) is 9.05. The van der Waals surface area contributed by atoms with Gasteiger partial charge in [-0.2, -0.15) is 0 Å². The summed E-state index contributed by atoms with van der Waals surface area (Å²) in [6, 6.07) is 20.2.